The fourth-order valence-electron chi connectivity index (χ4n) is 8.95. The highest BCUT2D eigenvalue weighted by molar-refractivity contribution is 6.15. The van der Waals surface area contributed by atoms with Crippen LogP contribution in [0.5, 0.6) is 0 Å². The number of benzene rings is 11. The average molecular weight is 750 g/mol. The van der Waals surface area contributed by atoms with Gasteiger partial charge in [-0.05, 0) is 136 Å². The minimum atomic E-state index is 1.09. The van der Waals surface area contributed by atoms with E-state index in [1.54, 1.807) is 0 Å². The van der Waals surface area contributed by atoms with E-state index in [2.05, 4.69) is 241 Å². The van der Waals surface area contributed by atoms with Crippen LogP contribution in [-0.2, 0) is 0 Å². The maximum Gasteiger partial charge on any atom is 0.0467 e. The maximum atomic E-state index is 2.40. The van der Waals surface area contributed by atoms with Gasteiger partial charge in [-0.2, -0.15) is 0 Å². The van der Waals surface area contributed by atoms with E-state index in [1.165, 1.54) is 87.6 Å². The fourth-order valence-corrected chi connectivity index (χ4v) is 8.95. The third-order valence-corrected chi connectivity index (χ3v) is 11.8. The van der Waals surface area contributed by atoms with Crippen molar-refractivity contribution in [1.29, 1.82) is 0 Å². The van der Waals surface area contributed by atoms with Crippen LogP contribution in [0.4, 0.5) is 17.1 Å². The topological polar surface area (TPSA) is 3.24 Å². The minimum Gasteiger partial charge on any atom is -0.310 e. The van der Waals surface area contributed by atoms with Gasteiger partial charge >= 0.3 is 0 Å². The van der Waals surface area contributed by atoms with Crippen LogP contribution in [0.15, 0.2) is 237 Å². The Kier molecular flexibility index (Phi) is 8.56. The first kappa shape index (κ1) is 34.5. The third kappa shape index (κ3) is 6.30. The lowest BCUT2D eigenvalue weighted by atomic mass is 9.92. The monoisotopic (exact) mass is 749 g/mol. The summed E-state index contributed by atoms with van der Waals surface area (Å²) in [5.74, 6) is 0. The quantitative estimate of drug-likeness (QED) is 0.147. The van der Waals surface area contributed by atoms with E-state index in [0.717, 1.165) is 17.1 Å². The summed E-state index contributed by atoms with van der Waals surface area (Å²) in [6, 6.07) is 86.3. The summed E-state index contributed by atoms with van der Waals surface area (Å²) in [5.41, 5.74) is 12.9. The molecule has 0 saturated heterocycles. The number of nitrogens with zero attached hydrogens (tertiary/aromatic N) is 1. The van der Waals surface area contributed by atoms with Crippen LogP contribution in [0, 0.1) is 0 Å². The molecule has 276 valence electrons. The summed E-state index contributed by atoms with van der Waals surface area (Å²) in [6.45, 7) is 0. The number of fused-ring (bicyclic) bond motifs is 6. The normalized spacial score (nSPS) is 11.4. The Balaban J connectivity index is 1.06. The van der Waals surface area contributed by atoms with Gasteiger partial charge in [-0.25, -0.2) is 0 Å². The second-order valence-electron chi connectivity index (χ2n) is 15.3. The second-order valence-corrected chi connectivity index (χ2v) is 15.3. The first-order chi connectivity index (χ1) is 29.2. The molecule has 11 aromatic carbocycles. The van der Waals surface area contributed by atoms with Crippen molar-refractivity contribution < 1.29 is 0 Å². The zero-order valence-electron chi connectivity index (χ0n) is 32.5. The largest absolute Gasteiger partial charge is 0.310 e. The Labute approximate surface area is 344 Å². The third-order valence-electron chi connectivity index (χ3n) is 11.8. The number of hydrogen-bond acceptors (Lipinski definition) is 1. The van der Waals surface area contributed by atoms with Crippen molar-refractivity contribution in [2.24, 2.45) is 0 Å². The van der Waals surface area contributed by atoms with Gasteiger partial charge in [0.2, 0.25) is 0 Å². The van der Waals surface area contributed by atoms with Crippen LogP contribution in [0.1, 0.15) is 0 Å². The molecule has 0 aromatic heterocycles. The van der Waals surface area contributed by atoms with Crippen molar-refractivity contribution in [1.82, 2.24) is 0 Å². The van der Waals surface area contributed by atoms with E-state index in [-0.39, 0.29) is 0 Å². The molecule has 0 aliphatic rings. The summed E-state index contributed by atoms with van der Waals surface area (Å²) < 4.78 is 0. The fraction of sp³-hybridized carbons (Fsp3) is 0. The smallest absolute Gasteiger partial charge is 0.0467 e. The predicted octanol–water partition coefficient (Wildman–Crippen LogP) is 16.4. The molecule has 0 heterocycles. The highest BCUT2D eigenvalue weighted by atomic mass is 15.1. The van der Waals surface area contributed by atoms with Crippen LogP contribution in [-0.4, -0.2) is 0 Å². The van der Waals surface area contributed by atoms with Gasteiger partial charge in [0.1, 0.15) is 0 Å². The van der Waals surface area contributed by atoms with Crippen molar-refractivity contribution in [2.45, 2.75) is 0 Å². The maximum absolute atomic E-state index is 2.40. The zero-order valence-corrected chi connectivity index (χ0v) is 32.5. The summed E-state index contributed by atoms with van der Waals surface area (Å²) in [7, 11) is 0. The van der Waals surface area contributed by atoms with Crippen molar-refractivity contribution in [2.75, 3.05) is 4.90 Å². The molecule has 0 aliphatic heterocycles. The Morgan fingerprint density at radius 2 is 0.559 bits per heavy atom. The lowest BCUT2D eigenvalue weighted by Gasteiger charge is -2.27. The van der Waals surface area contributed by atoms with Gasteiger partial charge in [0.25, 0.3) is 0 Å². The molecule has 11 rings (SSSR count). The van der Waals surface area contributed by atoms with Crippen LogP contribution in [0.3, 0.4) is 0 Å². The van der Waals surface area contributed by atoms with Crippen LogP contribution in [0.2, 0.25) is 0 Å². The lowest BCUT2D eigenvalue weighted by molar-refractivity contribution is 1.28. The van der Waals surface area contributed by atoms with Gasteiger partial charge in [0, 0.05) is 17.1 Å². The summed E-state index contributed by atoms with van der Waals surface area (Å²) in [6.07, 6.45) is 0. The number of hydrogen-bond donors (Lipinski definition) is 0. The Hall–Kier alpha value is -7.74. The number of rotatable bonds is 7. The van der Waals surface area contributed by atoms with Crippen molar-refractivity contribution >= 4 is 60.2 Å². The van der Waals surface area contributed by atoms with Gasteiger partial charge in [-0.3, -0.25) is 0 Å². The van der Waals surface area contributed by atoms with E-state index >= 15 is 0 Å². The molecular weight excluding hydrogens is 711 g/mol. The highest BCUT2D eigenvalue weighted by Gasteiger charge is 2.17. The van der Waals surface area contributed by atoms with Gasteiger partial charge in [0.05, 0.1) is 0 Å². The Morgan fingerprint density at radius 1 is 0.203 bits per heavy atom. The van der Waals surface area contributed by atoms with Crippen molar-refractivity contribution in [3.05, 3.63) is 237 Å². The zero-order chi connectivity index (χ0) is 39.1. The van der Waals surface area contributed by atoms with E-state index in [4.69, 9.17) is 0 Å². The molecular formula is C58H39N. The summed E-state index contributed by atoms with van der Waals surface area (Å²) >= 11 is 0. The van der Waals surface area contributed by atoms with Crippen molar-refractivity contribution in [3.8, 4) is 44.5 Å². The molecule has 0 radical (unpaired) electrons. The highest BCUT2D eigenvalue weighted by Crippen LogP contribution is 2.43. The predicted molar refractivity (Wildman–Crippen MR) is 253 cm³/mol. The molecule has 0 atom stereocenters. The minimum absolute atomic E-state index is 1.09. The molecule has 1 nitrogen and oxygen atoms in total. The van der Waals surface area contributed by atoms with Gasteiger partial charge in [-0.1, -0.05) is 188 Å². The molecule has 1 heteroatoms. The van der Waals surface area contributed by atoms with Gasteiger partial charge in [0.15, 0.2) is 0 Å². The molecule has 0 amide bonds. The molecule has 11 aromatic rings. The van der Waals surface area contributed by atoms with E-state index in [9.17, 15) is 0 Å². The van der Waals surface area contributed by atoms with Crippen LogP contribution in [0.25, 0.3) is 87.6 Å². The Morgan fingerprint density at radius 3 is 1.03 bits per heavy atom. The first-order valence-corrected chi connectivity index (χ1v) is 20.3. The molecule has 0 N–H and O–H groups in total. The van der Waals surface area contributed by atoms with Crippen LogP contribution >= 0.6 is 0 Å². The van der Waals surface area contributed by atoms with E-state index in [1.807, 2.05) is 0 Å². The lowest BCUT2D eigenvalue weighted by Crippen LogP contribution is -2.10. The van der Waals surface area contributed by atoms with E-state index in [0.29, 0.717) is 0 Å². The summed E-state index contributed by atoms with van der Waals surface area (Å²) in [5, 5.41) is 10.1. The molecule has 59 heavy (non-hydrogen) atoms. The van der Waals surface area contributed by atoms with E-state index < -0.39 is 0 Å². The molecule has 0 unspecified atom stereocenters. The molecule has 0 bridgehead atoms. The van der Waals surface area contributed by atoms with Gasteiger partial charge < -0.3 is 4.90 Å². The SMILES string of the molecule is c1ccc(-c2ccc(-c3ccc(N(c4cccc(-c5cc6ccccc6c6ccccc56)c4)c4cccc(-c5cc6ccccc6c6ccccc56)c4)cc3)cc2)cc1. The summed E-state index contributed by atoms with van der Waals surface area (Å²) in [4.78, 5) is 2.40. The number of anilines is 3. The second kappa shape index (κ2) is 14.6. The van der Waals surface area contributed by atoms with Crippen LogP contribution < -0.4 is 4.90 Å². The van der Waals surface area contributed by atoms with Crippen molar-refractivity contribution in [3.63, 3.8) is 0 Å². The molecule has 0 aliphatic carbocycles. The Bertz CT molecular complexity index is 3140. The average Bonchev–Trinajstić information content (AvgIpc) is 3.32. The first-order valence-electron chi connectivity index (χ1n) is 20.3. The molecule has 0 fully saturated rings. The van der Waals surface area contributed by atoms with Gasteiger partial charge in [-0.15, -0.1) is 0 Å². The standard InChI is InChI=1S/C58H39N/c1-2-14-40(15-3-1)41-28-30-42(31-29-41)43-32-34-48(35-33-43)59(49-20-12-18-44(36-49)57-38-46-16-4-6-22-51(46)53-24-8-10-26-55(53)57)50-21-13-19-45(37-50)58-39-47-17-5-7-23-52(47)54-25-9-11-27-56(54)58/h1-39H. The molecule has 0 saturated carbocycles. The molecule has 0 spiro atoms.